The van der Waals surface area contributed by atoms with E-state index in [1.54, 1.807) is 0 Å². The van der Waals surface area contributed by atoms with Gasteiger partial charge in [0, 0.05) is 11.5 Å². The van der Waals surface area contributed by atoms with Crippen LogP contribution in [0.15, 0.2) is 0 Å². The van der Waals surface area contributed by atoms with Crippen LogP contribution in [-0.4, -0.2) is 24.3 Å². The van der Waals surface area contributed by atoms with E-state index in [0.29, 0.717) is 17.6 Å². The van der Waals surface area contributed by atoms with Gasteiger partial charge in [-0.15, -0.1) is 0 Å². The van der Waals surface area contributed by atoms with Crippen molar-refractivity contribution in [3.63, 3.8) is 0 Å². The maximum absolute atomic E-state index is 6.54. The summed E-state index contributed by atoms with van der Waals surface area (Å²) in [5.41, 5.74) is 0.484. The lowest BCUT2D eigenvalue weighted by Crippen LogP contribution is -2.65. The Bertz CT molecular complexity index is 292. The smallest absolute Gasteiger partial charge is 0.0668 e. The van der Waals surface area contributed by atoms with Gasteiger partial charge in [-0.2, -0.15) is 0 Å². The van der Waals surface area contributed by atoms with Gasteiger partial charge in [0.1, 0.15) is 0 Å². The van der Waals surface area contributed by atoms with Gasteiger partial charge < -0.3 is 10.1 Å². The van der Waals surface area contributed by atoms with Crippen molar-refractivity contribution < 1.29 is 4.74 Å². The first-order valence-corrected chi connectivity index (χ1v) is 8.95. The summed E-state index contributed by atoms with van der Waals surface area (Å²) in [4.78, 5) is 0. The Balaban J connectivity index is 2.04. The summed E-state index contributed by atoms with van der Waals surface area (Å²) in [5.74, 6) is 0. The van der Waals surface area contributed by atoms with Crippen molar-refractivity contribution in [2.24, 2.45) is 5.41 Å². The maximum Gasteiger partial charge on any atom is 0.0668 e. The van der Waals surface area contributed by atoms with Crippen molar-refractivity contribution >= 4 is 0 Å². The molecule has 0 aromatic carbocycles. The normalized spacial score (nSPS) is 30.0. The molecule has 0 saturated heterocycles. The van der Waals surface area contributed by atoms with Crippen molar-refractivity contribution in [3.8, 4) is 0 Å². The molecule has 2 aliphatic carbocycles. The predicted molar refractivity (Wildman–Crippen MR) is 86.1 cm³/mol. The highest BCUT2D eigenvalue weighted by molar-refractivity contribution is 5.09. The molecule has 2 unspecified atom stereocenters. The van der Waals surface area contributed by atoms with Gasteiger partial charge in [0.25, 0.3) is 0 Å². The minimum atomic E-state index is 0.0414. The van der Waals surface area contributed by atoms with E-state index in [9.17, 15) is 0 Å². The van der Waals surface area contributed by atoms with Crippen molar-refractivity contribution in [1.29, 1.82) is 0 Å². The zero-order valence-electron chi connectivity index (χ0n) is 14.1. The second-order valence-corrected chi connectivity index (χ2v) is 7.61. The first kappa shape index (κ1) is 16.3. The van der Waals surface area contributed by atoms with E-state index < -0.39 is 0 Å². The van der Waals surface area contributed by atoms with Crippen LogP contribution in [0, 0.1) is 5.41 Å². The van der Waals surface area contributed by atoms with Gasteiger partial charge in [-0.05, 0) is 52.5 Å². The molecular formula is C18H35NO. The van der Waals surface area contributed by atoms with Gasteiger partial charge >= 0.3 is 0 Å². The molecular weight excluding hydrogens is 246 g/mol. The predicted octanol–water partition coefficient (Wildman–Crippen LogP) is 4.67. The Kier molecular flexibility index (Phi) is 5.53. The molecule has 1 N–H and O–H groups in total. The van der Waals surface area contributed by atoms with Crippen LogP contribution in [0.3, 0.4) is 0 Å². The largest absolute Gasteiger partial charge is 0.372 e. The lowest BCUT2D eigenvalue weighted by atomic mass is 9.57. The molecule has 2 nitrogen and oxygen atoms in total. The molecule has 0 bridgehead atoms. The fourth-order valence-corrected chi connectivity index (χ4v) is 4.04. The molecule has 2 saturated carbocycles. The summed E-state index contributed by atoms with van der Waals surface area (Å²) in [6, 6.07) is 0.707. The van der Waals surface area contributed by atoms with E-state index in [-0.39, 0.29) is 5.60 Å². The van der Waals surface area contributed by atoms with Crippen molar-refractivity contribution in [2.45, 2.75) is 103 Å². The number of hydrogen-bond donors (Lipinski definition) is 1. The van der Waals surface area contributed by atoms with Gasteiger partial charge in [-0.1, -0.05) is 39.5 Å². The number of ether oxygens (including phenoxy) is 1. The Labute approximate surface area is 126 Å². The Morgan fingerprint density at radius 1 is 1.10 bits per heavy atom. The molecule has 1 spiro atoms. The molecule has 0 aromatic heterocycles. The first-order chi connectivity index (χ1) is 9.54. The molecule has 0 heterocycles. The molecule has 0 aromatic rings. The monoisotopic (exact) mass is 281 g/mol. The summed E-state index contributed by atoms with van der Waals surface area (Å²) in [5, 5.41) is 3.81. The minimum absolute atomic E-state index is 0.0414. The van der Waals surface area contributed by atoms with Crippen molar-refractivity contribution in [2.75, 3.05) is 6.54 Å². The molecule has 118 valence electrons. The number of hydrogen-bond acceptors (Lipinski definition) is 2. The van der Waals surface area contributed by atoms with E-state index in [4.69, 9.17) is 4.74 Å². The maximum atomic E-state index is 6.54. The van der Waals surface area contributed by atoms with Crippen molar-refractivity contribution in [3.05, 3.63) is 0 Å². The van der Waals surface area contributed by atoms with E-state index in [0.717, 1.165) is 13.0 Å². The molecule has 0 aliphatic heterocycles. The topological polar surface area (TPSA) is 21.3 Å². The SMILES string of the molecule is CCCNC1CC(OC(C)(C)CC)C12CCCCCC2. The average Bonchev–Trinajstić information content (AvgIpc) is 2.70. The molecule has 2 fully saturated rings. The lowest BCUT2D eigenvalue weighted by Gasteiger charge is -2.58. The third-order valence-electron chi connectivity index (χ3n) is 5.77. The summed E-state index contributed by atoms with van der Waals surface area (Å²) in [7, 11) is 0. The molecule has 2 heteroatoms. The number of nitrogens with one attached hydrogen (secondary N) is 1. The lowest BCUT2D eigenvalue weighted by molar-refractivity contribution is -0.197. The summed E-state index contributed by atoms with van der Waals surface area (Å²) < 4.78 is 6.54. The average molecular weight is 281 g/mol. The zero-order chi connectivity index (χ0) is 14.6. The standard InChI is InChI=1S/C18H35NO/c1-5-13-19-15-14-16(20-17(3,4)6-2)18(15)11-9-7-8-10-12-18/h15-16,19H,5-14H2,1-4H3. The van der Waals surface area contributed by atoms with E-state index in [1.807, 2.05) is 0 Å². The van der Waals surface area contributed by atoms with Gasteiger partial charge in [-0.25, -0.2) is 0 Å². The third-order valence-corrected chi connectivity index (χ3v) is 5.77. The second kappa shape index (κ2) is 6.79. The molecule has 20 heavy (non-hydrogen) atoms. The number of rotatable bonds is 6. The van der Waals surface area contributed by atoms with Crippen LogP contribution in [0.4, 0.5) is 0 Å². The fraction of sp³-hybridized carbons (Fsp3) is 1.00. The highest BCUT2D eigenvalue weighted by Crippen LogP contribution is 2.53. The highest BCUT2D eigenvalue weighted by Gasteiger charge is 2.55. The fourth-order valence-electron chi connectivity index (χ4n) is 4.04. The van der Waals surface area contributed by atoms with E-state index in [2.05, 4.69) is 33.0 Å². The molecule has 0 amide bonds. The Hall–Kier alpha value is -0.0800. The van der Waals surface area contributed by atoms with Gasteiger partial charge in [0.2, 0.25) is 0 Å². The Morgan fingerprint density at radius 3 is 2.30 bits per heavy atom. The van der Waals surface area contributed by atoms with Crippen LogP contribution >= 0.6 is 0 Å². The van der Waals surface area contributed by atoms with E-state index >= 15 is 0 Å². The molecule has 0 radical (unpaired) electrons. The van der Waals surface area contributed by atoms with Gasteiger partial charge in [0.05, 0.1) is 11.7 Å². The van der Waals surface area contributed by atoms with E-state index in [1.165, 1.54) is 51.4 Å². The third kappa shape index (κ3) is 3.39. The zero-order valence-corrected chi connectivity index (χ0v) is 14.1. The Morgan fingerprint density at radius 2 is 1.75 bits per heavy atom. The van der Waals surface area contributed by atoms with Gasteiger partial charge in [-0.3, -0.25) is 0 Å². The first-order valence-electron chi connectivity index (χ1n) is 8.95. The van der Waals surface area contributed by atoms with Crippen LogP contribution in [0.5, 0.6) is 0 Å². The van der Waals surface area contributed by atoms with Crippen LogP contribution in [0.1, 0.15) is 85.5 Å². The summed E-state index contributed by atoms with van der Waals surface area (Å²) in [6.45, 7) is 10.2. The summed E-state index contributed by atoms with van der Waals surface area (Å²) >= 11 is 0. The van der Waals surface area contributed by atoms with Crippen molar-refractivity contribution in [1.82, 2.24) is 5.32 Å². The molecule has 2 rings (SSSR count). The van der Waals surface area contributed by atoms with Crippen LogP contribution in [0.25, 0.3) is 0 Å². The van der Waals surface area contributed by atoms with Crippen LogP contribution in [0.2, 0.25) is 0 Å². The molecule has 2 aliphatic rings. The minimum Gasteiger partial charge on any atom is -0.372 e. The second-order valence-electron chi connectivity index (χ2n) is 7.61. The highest BCUT2D eigenvalue weighted by atomic mass is 16.5. The summed E-state index contributed by atoms with van der Waals surface area (Å²) in [6.07, 6.45) is 12.4. The molecule has 2 atom stereocenters. The van der Waals surface area contributed by atoms with Crippen LogP contribution < -0.4 is 5.32 Å². The van der Waals surface area contributed by atoms with Crippen LogP contribution in [-0.2, 0) is 4.74 Å². The van der Waals surface area contributed by atoms with Gasteiger partial charge in [0.15, 0.2) is 0 Å². The quantitative estimate of drug-likeness (QED) is 0.763.